The van der Waals surface area contributed by atoms with Crippen molar-refractivity contribution in [1.29, 1.82) is 0 Å². The summed E-state index contributed by atoms with van der Waals surface area (Å²) in [5.74, 6) is -1.53. The first kappa shape index (κ1) is 14.9. The highest BCUT2D eigenvalue weighted by Crippen LogP contribution is 2.31. The van der Waals surface area contributed by atoms with E-state index in [0.29, 0.717) is 0 Å². The number of sulfonamides is 1. The average molecular weight is 293 g/mol. The van der Waals surface area contributed by atoms with E-state index in [1.54, 1.807) is 11.4 Å². The third kappa shape index (κ3) is 3.01. The first-order valence-corrected chi connectivity index (χ1v) is 7.43. The Morgan fingerprint density at radius 1 is 1.61 bits per heavy atom. The molecule has 0 aromatic carbocycles. The van der Waals surface area contributed by atoms with Crippen LogP contribution in [0.15, 0.2) is 15.7 Å². The van der Waals surface area contributed by atoms with Gasteiger partial charge < -0.3 is 9.84 Å². The maximum Gasteiger partial charge on any atom is 0.307 e. The van der Waals surface area contributed by atoms with Crippen molar-refractivity contribution in [2.24, 2.45) is 5.92 Å². The summed E-state index contributed by atoms with van der Waals surface area (Å²) in [5.41, 5.74) is 0. The predicted molar refractivity (Wildman–Crippen MR) is 67.5 cm³/mol. The van der Waals surface area contributed by atoms with Crippen LogP contribution in [0, 0.1) is 5.92 Å². The van der Waals surface area contributed by atoms with Gasteiger partial charge in [0.25, 0.3) is 10.0 Å². The van der Waals surface area contributed by atoms with Crippen molar-refractivity contribution in [2.75, 3.05) is 20.7 Å². The molecule has 18 heavy (non-hydrogen) atoms. The van der Waals surface area contributed by atoms with Crippen LogP contribution in [0.2, 0.25) is 0 Å². The van der Waals surface area contributed by atoms with E-state index in [1.165, 1.54) is 21.1 Å². The van der Waals surface area contributed by atoms with Gasteiger partial charge >= 0.3 is 5.97 Å². The second-order valence-electron chi connectivity index (χ2n) is 3.80. The monoisotopic (exact) mass is 293 g/mol. The Morgan fingerprint density at radius 2 is 2.22 bits per heavy atom. The lowest BCUT2D eigenvalue weighted by molar-refractivity contribution is -0.141. The third-order valence-electron chi connectivity index (χ3n) is 2.41. The molecular weight excluding hydrogens is 278 g/mol. The first-order valence-electron chi connectivity index (χ1n) is 5.11. The van der Waals surface area contributed by atoms with Crippen molar-refractivity contribution in [3.05, 3.63) is 11.4 Å². The lowest BCUT2D eigenvalue weighted by Crippen LogP contribution is -2.33. The molecule has 0 amide bonds. The maximum atomic E-state index is 12.2. The van der Waals surface area contributed by atoms with Crippen LogP contribution in [-0.2, 0) is 14.8 Å². The fourth-order valence-corrected chi connectivity index (χ4v) is 4.05. The predicted octanol–water partition coefficient (Wildman–Crippen LogP) is 1.10. The number of carboxylic acid groups (broad SMARTS) is 1. The van der Waals surface area contributed by atoms with Gasteiger partial charge in [-0.2, -0.15) is 4.31 Å². The summed E-state index contributed by atoms with van der Waals surface area (Å²) in [6, 6.07) is 1.56. The van der Waals surface area contributed by atoms with Crippen molar-refractivity contribution in [3.8, 4) is 5.75 Å². The lowest BCUT2D eigenvalue weighted by Gasteiger charge is -2.18. The van der Waals surface area contributed by atoms with Crippen LogP contribution < -0.4 is 4.74 Å². The van der Waals surface area contributed by atoms with Gasteiger partial charge in [-0.05, 0) is 11.4 Å². The average Bonchev–Trinajstić information content (AvgIpc) is 2.77. The summed E-state index contributed by atoms with van der Waals surface area (Å²) in [6.45, 7) is 1.37. The molecule has 1 N–H and O–H groups in total. The van der Waals surface area contributed by atoms with Crippen LogP contribution in [-0.4, -0.2) is 44.5 Å². The van der Waals surface area contributed by atoms with Gasteiger partial charge in [-0.25, -0.2) is 8.42 Å². The molecule has 8 heteroatoms. The smallest absolute Gasteiger partial charge is 0.307 e. The second-order valence-corrected chi connectivity index (χ2v) is 6.96. The minimum absolute atomic E-state index is 0.0846. The van der Waals surface area contributed by atoms with Crippen molar-refractivity contribution >= 4 is 27.3 Å². The van der Waals surface area contributed by atoms with Gasteiger partial charge in [0.2, 0.25) is 0 Å². The topological polar surface area (TPSA) is 83.9 Å². The zero-order valence-electron chi connectivity index (χ0n) is 10.3. The molecule has 1 aromatic rings. The fourth-order valence-electron chi connectivity index (χ4n) is 1.33. The molecule has 1 rings (SSSR count). The summed E-state index contributed by atoms with van der Waals surface area (Å²) in [5, 5.41) is 10.4. The van der Waals surface area contributed by atoms with Gasteiger partial charge in [-0.15, -0.1) is 11.3 Å². The van der Waals surface area contributed by atoms with E-state index in [2.05, 4.69) is 0 Å². The van der Waals surface area contributed by atoms with E-state index in [0.717, 1.165) is 15.6 Å². The van der Waals surface area contributed by atoms with Gasteiger partial charge in [0.1, 0.15) is 5.75 Å². The molecule has 1 atom stereocenters. The minimum Gasteiger partial charge on any atom is -0.494 e. The molecular formula is C10H15NO5S2. The molecule has 1 heterocycles. The number of hydrogen-bond acceptors (Lipinski definition) is 5. The number of carboxylic acids is 1. The number of methoxy groups -OCH3 is 1. The van der Waals surface area contributed by atoms with Crippen LogP contribution in [0.5, 0.6) is 5.75 Å². The molecule has 102 valence electrons. The van der Waals surface area contributed by atoms with Crippen LogP contribution in [0.4, 0.5) is 0 Å². The number of carbonyl (C=O) groups is 1. The van der Waals surface area contributed by atoms with Gasteiger partial charge in [0.05, 0.1) is 13.0 Å². The Hall–Kier alpha value is -1.12. The molecule has 1 aromatic heterocycles. The standard InChI is InChI=1S/C10H15NO5S2/c1-7(9(12)13)6-11(2)18(14,15)10-8(16-3)4-5-17-10/h4-5,7H,6H2,1-3H3,(H,12,13). The SMILES string of the molecule is COc1ccsc1S(=O)(=O)N(C)CC(C)C(=O)O. The van der Waals surface area contributed by atoms with Crippen molar-refractivity contribution in [3.63, 3.8) is 0 Å². The molecule has 6 nitrogen and oxygen atoms in total. The van der Waals surface area contributed by atoms with E-state index in [4.69, 9.17) is 9.84 Å². The highest BCUT2D eigenvalue weighted by atomic mass is 32.2. The van der Waals surface area contributed by atoms with E-state index in [-0.39, 0.29) is 16.5 Å². The largest absolute Gasteiger partial charge is 0.494 e. The molecule has 1 unspecified atom stereocenters. The number of nitrogens with zero attached hydrogens (tertiary/aromatic N) is 1. The van der Waals surface area contributed by atoms with Crippen LogP contribution in [0.3, 0.4) is 0 Å². The van der Waals surface area contributed by atoms with Gasteiger partial charge in [-0.3, -0.25) is 4.79 Å². The summed E-state index contributed by atoms with van der Waals surface area (Å²) >= 11 is 1.04. The Balaban J connectivity index is 2.97. The van der Waals surface area contributed by atoms with Crippen molar-refractivity contribution < 1.29 is 23.1 Å². The summed E-state index contributed by atoms with van der Waals surface area (Å²) in [7, 11) is -0.959. The molecule has 0 bridgehead atoms. The summed E-state index contributed by atoms with van der Waals surface area (Å²) < 4.78 is 30.5. The third-order valence-corrected chi connectivity index (χ3v) is 5.66. The molecule has 0 fully saturated rings. The normalized spacial score (nSPS) is 13.6. The Bertz CT molecular complexity index is 522. The number of aliphatic carboxylic acids is 1. The minimum atomic E-state index is -3.70. The highest BCUT2D eigenvalue weighted by molar-refractivity contribution is 7.91. The van der Waals surface area contributed by atoms with E-state index in [1.807, 2.05) is 0 Å². The zero-order chi connectivity index (χ0) is 13.9. The summed E-state index contributed by atoms with van der Waals surface area (Å²) in [4.78, 5) is 10.7. The van der Waals surface area contributed by atoms with Gasteiger partial charge in [-0.1, -0.05) is 6.92 Å². The summed E-state index contributed by atoms with van der Waals surface area (Å²) in [6.07, 6.45) is 0. The molecule has 0 aliphatic carbocycles. The lowest BCUT2D eigenvalue weighted by atomic mass is 10.2. The van der Waals surface area contributed by atoms with Crippen LogP contribution in [0.25, 0.3) is 0 Å². The van der Waals surface area contributed by atoms with E-state index >= 15 is 0 Å². The van der Waals surface area contributed by atoms with Gasteiger partial charge in [0.15, 0.2) is 4.21 Å². The molecule has 0 radical (unpaired) electrons. The van der Waals surface area contributed by atoms with Crippen LogP contribution in [0.1, 0.15) is 6.92 Å². The molecule has 0 aliphatic rings. The number of hydrogen-bond donors (Lipinski definition) is 1. The Kier molecular flexibility index (Phi) is 4.71. The zero-order valence-corrected chi connectivity index (χ0v) is 11.9. The van der Waals surface area contributed by atoms with Crippen molar-refractivity contribution in [1.82, 2.24) is 4.31 Å². The molecule has 0 saturated heterocycles. The Labute approximate surface area is 110 Å². The first-order chi connectivity index (χ1) is 8.30. The number of thiophene rings is 1. The second kappa shape index (κ2) is 5.68. The fraction of sp³-hybridized carbons (Fsp3) is 0.500. The maximum absolute atomic E-state index is 12.2. The highest BCUT2D eigenvalue weighted by Gasteiger charge is 2.28. The van der Waals surface area contributed by atoms with E-state index in [9.17, 15) is 13.2 Å². The van der Waals surface area contributed by atoms with E-state index < -0.39 is 21.9 Å². The molecule has 0 aliphatic heterocycles. The molecule has 0 spiro atoms. The quantitative estimate of drug-likeness (QED) is 0.849. The van der Waals surface area contributed by atoms with Gasteiger partial charge in [0, 0.05) is 13.6 Å². The van der Waals surface area contributed by atoms with Crippen LogP contribution >= 0.6 is 11.3 Å². The van der Waals surface area contributed by atoms with Crippen molar-refractivity contribution in [2.45, 2.75) is 11.1 Å². The number of rotatable bonds is 6. The molecule has 0 saturated carbocycles. The number of ether oxygens (including phenoxy) is 1. The Morgan fingerprint density at radius 3 is 2.72 bits per heavy atom.